The molecule has 0 radical (unpaired) electrons. The smallest absolute Gasteiger partial charge is 0.251 e. The number of carbonyl (C=O) groups excluding carboxylic acids is 1. The van der Waals surface area contributed by atoms with Gasteiger partial charge in [0.1, 0.15) is 0 Å². The Balaban J connectivity index is 1.90. The van der Waals surface area contributed by atoms with Gasteiger partial charge in [-0.2, -0.15) is 0 Å². The van der Waals surface area contributed by atoms with Gasteiger partial charge in [-0.1, -0.05) is 30.3 Å². The summed E-state index contributed by atoms with van der Waals surface area (Å²) in [6.45, 7) is 0.465. The third-order valence-electron chi connectivity index (χ3n) is 2.86. The molecule has 2 aromatic rings. The molecule has 2 aromatic carbocycles. The SMILES string of the molecule is O=C(NCCc1cccc([SH](=O)=O)c1)c1ccccc1. The molecule has 0 fully saturated rings. The second kappa shape index (κ2) is 6.86. The second-order valence-electron chi connectivity index (χ2n) is 4.30. The molecule has 1 N–H and O–H groups in total. The minimum Gasteiger partial charge on any atom is -0.352 e. The van der Waals surface area contributed by atoms with Crippen molar-refractivity contribution in [3.63, 3.8) is 0 Å². The number of carbonyl (C=O) groups is 1. The van der Waals surface area contributed by atoms with Gasteiger partial charge in [0.15, 0.2) is 10.7 Å². The highest BCUT2D eigenvalue weighted by molar-refractivity contribution is 7.72. The van der Waals surface area contributed by atoms with Crippen LogP contribution in [0.2, 0.25) is 0 Å². The lowest BCUT2D eigenvalue weighted by Gasteiger charge is -2.05. The van der Waals surface area contributed by atoms with Crippen molar-refractivity contribution < 1.29 is 13.2 Å². The van der Waals surface area contributed by atoms with Gasteiger partial charge in [0.2, 0.25) is 0 Å². The summed E-state index contributed by atoms with van der Waals surface area (Å²) >= 11 is 0. The first-order chi connectivity index (χ1) is 9.66. The Morgan fingerprint density at radius 3 is 2.45 bits per heavy atom. The molecule has 2 rings (SSSR count). The minimum atomic E-state index is -2.56. The summed E-state index contributed by atoms with van der Waals surface area (Å²) in [4.78, 5) is 12.1. The van der Waals surface area contributed by atoms with Gasteiger partial charge in [0.25, 0.3) is 5.91 Å². The molecule has 5 heteroatoms. The zero-order valence-electron chi connectivity index (χ0n) is 10.8. The van der Waals surface area contributed by atoms with Crippen molar-refractivity contribution in [2.24, 2.45) is 0 Å². The maximum atomic E-state index is 11.8. The van der Waals surface area contributed by atoms with Crippen LogP contribution in [0.3, 0.4) is 0 Å². The normalized spacial score (nSPS) is 10.4. The number of hydrogen-bond donors (Lipinski definition) is 2. The van der Waals surface area contributed by atoms with Gasteiger partial charge in [-0.25, -0.2) is 8.42 Å². The molecule has 0 saturated heterocycles. The highest BCUT2D eigenvalue weighted by atomic mass is 32.2. The quantitative estimate of drug-likeness (QED) is 0.822. The Labute approximate surface area is 119 Å². The predicted molar refractivity (Wildman–Crippen MR) is 77.5 cm³/mol. The maximum absolute atomic E-state index is 11.8. The van der Waals surface area contributed by atoms with E-state index in [1.165, 1.54) is 0 Å². The minimum absolute atomic E-state index is 0.128. The molecule has 0 saturated carbocycles. The van der Waals surface area contributed by atoms with E-state index in [0.29, 0.717) is 23.4 Å². The zero-order chi connectivity index (χ0) is 14.4. The van der Waals surface area contributed by atoms with Crippen LogP contribution in [0.1, 0.15) is 15.9 Å². The van der Waals surface area contributed by atoms with Crippen LogP contribution >= 0.6 is 0 Å². The molecule has 0 aromatic heterocycles. The van der Waals surface area contributed by atoms with Gasteiger partial charge < -0.3 is 5.32 Å². The lowest BCUT2D eigenvalue weighted by atomic mass is 10.1. The van der Waals surface area contributed by atoms with Gasteiger partial charge in [-0.05, 0) is 36.2 Å². The van der Waals surface area contributed by atoms with Crippen LogP contribution in [0, 0.1) is 0 Å². The van der Waals surface area contributed by atoms with Crippen LogP contribution in [-0.2, 0) is 17.1 Å². The summed E-state index contributed by atoms with van der Waals surface area (Å²) in [5, 5.41) is 2.81. The number of amides is 1. The molecule has 1 amide bonds. The second-order valence-corrected chi connectivity index (χ2v) is 5.33. The van der Waals surface area contributed by atoms with Crippen LogP contribution in [0.4, 0.5) is 0 Å². The van der Waals surface area contributed by atoms with Gasteiger partial charge in [-0.3, -0.25) is 4.79 Å². The zero-order valence-corrected chi connectivity index (χ0v) is 11.7. The Bertz CT molecular complexity index is 658. The number of nitrogens with one attached hydrogen (secondary N) is 1. The van der Waals surface area contributed by atoms with Crippen molar-refractivity contribution in [1.82, 2.24) is 5.32 Å². The standard InChI is InChI=1S/C15H15NO3S/c17-15(13-6-2-1-3-7-13)16-10-9-12-5-4-8-14(11-12)20(18)19/h1-8,11,20H,9-10H2,(H,16,17). The monoisotopic (exact) mass is 289 g/mol. The maximum Gasteiger partial charge on any atom is 0.251 e. The highest BCUT2D eigenvalue weighted by Crippen LogP contribution is 2.07. The Morgan fingerprint density at radius 1 is 1.00 bits per heavy atom. The van der Waals surface area contributed by atoms with Gasteiger partial charge in [0.05, 0.1) is 4.90 Å². The summed E-state index contributed by atoms with van der Waals surface area (Å²) < 4.78 is 21.8. The van der Waals surface area contributed by atoms with E-state index in [4.69, 9.17) is 0 Å². The van der Waals surface area contributed by atoms with Crippen LogP contribution in [0.25, 0.3) is 0 Å². The van der Waals surface area contributed by atoms with Crippen molar-refractivity contribution in [2.75, 3.05) is 6.54 Å². The molecule has 0 spiro atoms. The van der Waals surface area contributed by atoms with E-state index in [1.54, 1.807) is 30.3 Å². The number of thiol groups is 1. The van der Waals surface area contributed by atoms with Crippen molar-refractivity contribution in [2.45, 2.75) is 11.3 Å². The van der Waals surface area contributed by atoms with E-state index in [-0.39, 0.29) is 5.91 Å². The average Bonchev–Trinajstić information content (AvgIpc) is 2.48. The molecule has 0 heterocycles. The van der Waals surface area contributed by atoms with Crippen LogP contribution in [-0.4, -0.2) is 20.9 Å². The predicted octanol–water partition coefficient (Wildman–Crippen LogP) is 1.63. The Morgan fingerprint density at radius 2 is 1.75 bits per heavy atom. The molecule has 0 aliphatic heterocycles. The summed E-state index contributed by atoms with van der Waals surface area (Å²) in [6.07, 6.45) is 0.593. The van der Waals surface area contributed by atoms with Crippen LogP contribution < -0.4 is 5.32 Å². The van der Waals surface area contributed by atoms with E-state index < -0.39 is 10.7 Å². The first kappa shape index (κ1) is 14.3. The van der Waals surface area contributed by atoms with E-state index in [2.05, 4.69) is 5.32 Å². The van der Waals surface area contributed by atoms with Crippen molar-refractivity contribution in [3.8, 4) is 0 Å². The first-order valence-corrected chi connectivity index (χ1v) is 7.41. The van der Waals surface area contributed by atoms with Crippen molar-refractivity contribution in [1.29, 1.82) is 0 Å². The molecule has 0 aliphatic carbocycles. The van der Waals surface area contributed by atoms with Gasteiger partial charge in [-0.15, -0.1) is 0 Å². The van der Waals surface area contributed by atoms with E-state index in [0.717, 1.165) is 5.56 Å². The molecule has 20 heavy (non-hydrogen) atoms. The highest BCUT2D eigenvalue weighted by Gasteiger charge is 2.03. The lowest BCUT2D eigenvalue weighted by Crippen LogP contribution is -2.25. The molecule has 104 valence electrons. The third-order valence-corrected chi connectivity index (χ3v) is 3.56. The summed E-state index contributed by atoms with van der Waals surface area (Å²) in [7, 11) is -2.56. The number of benzene rings is 2. The first-order valence-electron chi connectivity index (χ1n) is 6.23. The molecule has 0 aliphatic rings. The average molecular weight is 289 g/mol. The van der Waals surface area contributed by atoms with Gasteiger partial charge >= 0.3 is 0 Å². The van der Waals surface area contributed by atoms with Crippen molar-refractivity contribution in [3.05, 3.63) is 65.7 Å². The molecule has 0 unspecified atom stereocenters. The lowest BCUT2D eigenvalue weighted by molar-refractivity contribution is 0.0954. The summed E-state index contributed by atoms with van der Waals surface area (Å²) in [6, 6.07) is 15.7. The largest absolute Gasteiger partial charge is 0.352 e. The van der Waals surface area contributed by atoms with Crippen LogP contribution in [0.15, 0.2) is 59.5 Å². The molecular formula is C15H15NO3S. The van der Waals surface area contributed by atoms with E-state index in [1.807, 2.05) is 24.3 Å². The van der Waals surface area contributed by atoms with E-state index in [9.17, 15) is 13.2 Å². The molecule has 0 atom stereocenters. The number of hydrogen-bond acceptors (Lipinski definition) is 3. The summed E-state index contributed by atoms with van der Waals surface area (Å²) in [5.74, 6) is -0.128. The third kappa shape index (κ3) is 3.93. The fraction of sp³-hybridized carbons (Fsp3) is 0.133. The van der Waals surface area contributed by atoms with Crippen LogP contribution in [0.5, 0.6) is 0 Å². The van der Waals surface area contributed by atoms with Gasteiger partial charge in [0, 0.05) is 12.1 Å². The van der Waals surface area contributed by atoms with Crippen molar-refractivity contribution >= 4 is 16.6 Å². The Hall–Kier alpha value is -2.14. The molecule has 4 nitrogen and oxygen atoms in total. The molecule has 0 bridgehead atoms. The Kier molecular flexibility index (Phi) is 4.90. The fourth-order valence-corrected chi connectivity index (χ4v) is 2.32. The van der Waals surface area contributed by atoms with E-state index >= 15 is 0 Å². The molecular weight excluding hydrogens is 274 g/mol. The topological polar surface area (TPSA) is 63.2 Å². The summed E-state index contributed by atoms with van der Waals surface area (Å²) in [5.41, 5.74) is 1.50. The fourth-order valence-electron chi connectivity index (χ4n) is 1.84. The number of rotatable bonds is 5.